The van der Waals surface area contributed by atoms with Crippen LogP contribution in [0.15, 0.2) is 48.8 Å². The molecule has 0 atom stereocenters. The maximum Gasteiger partial charge on any atom is 0.239 e. The van der Waals surface area contributed by atoms with Crippen LogP contribution in [0.4, 0.5) is 5.69 Å². The molecular formula is C19H21N3O3. The number of benzene rings is 1. The van der Waals surface area contributed by atoms with Gasteiger partial charge in [0.1, 0.15) is 5.41 Å². The number of nitrogens with one attached hydrogen (secondary N) is 2. The van der Waals surface area contributed by atoms with E-state index >= 15 is 0 Å². The van der Waals surface area contributed by atoms with Crippen molar-refractivity contribution in [1.29, 1.82) is 0 Å². The summed E-state index contributed by atoms with van der Waals surface area (Å²) >= 11 is 0. The van der Waals surface area contributed by atoms with E-state index in [1.165, 1.54) is 6.92 Å². The summed E-state index contributed by atoms with van der Waals surface area (Å²) in [5.74, 6) is -0.842. The van der Waals surface area contributed by atoms with Gasteiger partial charge < -0.3 is 10.6 Å². The second kappa shape index (κ2) is 7.70. The molecule has 2 N–H and O–H groups in total. The Bertz CT molecular complexity index is 768. The Morgan fingerprint density at radius 2 is 1.56 bits per heavy atom. The zero-order chi connectivity index (χ0) is 18.4. The van der Waals surface area contributed by atoms with Crippen molar-refractivity contribution in [3.63, 3.8) is 0 Å². The van der Waals surface area contributed by atoms with Gasteiger partial charge in [0.25, 0.3) is 0 Å². The highest BCUT2D eigenvalue weighted by Gasteiger charge is 2.35. The molecule has 25 heavy (non-hydrogen) atoms. The Morgan fingerprint density at radius 1 is 0.960 bits per heavy atom. The number of rotatable bonds is 6. The SMILES string of the molecule is CC(=O)c1ccc(NC(=O)C(C)(C)C(=O)NCc2ccncc2)cc1. The second-order valence-electron chi connectivity index (χ2n) is 6.25. The summed E-state index contributed by atoms with van der Waals surface area (Å²) in [5.41, 5.74) is 0.753. The smallest absolute Gasteiger partial charge is 0.239 e. The number of anilines is 1. The number of carbonyl (C=O) groups excluding carboxylic acids is 3. The van der Waals surface area contributed by atoms with Crippen LogP contribution in [-0.2, 0) is 16.1 Å². The van der Waals surface area contributed by atoms with E-state index in [1.807, 2.05) is 0 Å². The summed E-state index contributed by atoms with van der Waals surface area (Å²) in [4.78, 5) is 40.0. The first-order valence-corrected chi connectivity index (χ1v) is 7.90. The molecule has 0 unspecified atom stereocenters. The van der Waals surface area contributed by atoms with Gasteiger partial charge in [-0.05, 0) is 62.7 Å². The highest BCUT2D eigenvalue weighted by molar-refractivity contribution is 6.10. The average Bonchev–Trinajstić information content (AvgIpc) is 2.60. The third kappa shape index (κ3) is 4.73. The van der Waals surface area contributed by atoms with Crippen LogP contribution in [0.1, 0.15) is 36.7 Å². The molecule has 0 aliphatic rings. The zero-order valence-corrected chi connectivity index (χ0v) is 14.5. The Morgan fingerprint density at radius 3 is 2.12 bits per heavy atom. The van der Waals surface area contributed by atoms with E-state index in [4.69, 9.17) is 0 Å². The van der Waals surface area contributed by atoms with E-state index in [1.54, 1.807) is 62.6 Å². The number of carbonyl (C=O) groups is 3. The number of nitrogens with zero attached hydrogens (tertiary/aromatic N) is 1. The van der Waals surface area contributed by atoms with Crippen LogP contribution in [0.3, 0.4) is 0 Å². The lowest BCUT2D eigenvalue weighted by Gasteiger charge is -2.22. The van der Waals surface area contributed by atoms with Crippen LogP contribution in [-0.4, -0.2) is 22.6 Å². The number of Topliss-reactive ketones (excluding diaryl/α,β-unsaturated/α-hetero) is 1. The van der Waals surface area contributed by atoms with Crippen LogP contribution < -0.4 is 10.6 Å². The second-order valence-corrected chi connectivity index (χ2v) is 6.25. The number of aromatic nitrogens is 1. The molecule has 0 fully saturated rings. The highest BCUT2D eigenvalue weighted by atomic mass is 16.2. The van der Waals surface area contributed by atoms with Crippen molar-refractivity contribution >= 4 is 23.3 Å². The summed E-state index contributed by atoms with van der Waals surface area (Å²) < 4.78 is 0. The molecule has 2 rings (SSSR count). The number of hydrogen-bond acceptors (Lipinski definition) is 4. The molecule has 2 aromatic rings. The fourth-order valence-electron chi connectivity index (χ4n) is 2.08. The van der Waals surface area contributed by atoms with Crippen LogP contribution in [0, 0.1) is 5.41 Å². The molecule has 130 valence electrons. The molecule has 0 bridgehead atoms. The van der Waals surface area contributed by atoms with Crippen LogP contribution in [0.25, 0.3) is 0 Å². The van der Waals surface area contributed by atoms with E-state index in [9.17, 15) is 14.4 Å². The van der Waals surface area contributed by atoms with Crippen molar-refractivity contribution in [3.05, 3.63) is 59.9 Å². The van der Waals surface area contributed by atoms with Gasteiger partial charge in [-0.3, -0.25) is 19.4 Å². The lowest BCUT2D eigenvalue weighted by Crippen LogP contribution is -2.44. The fourth-order valence-corrected chi connectivity index (χ4v) is 2.08. The Hall–Kier alpha value is -3.02. The van der Waals surface area contributed by atoms with Gasteiger partial charge >= 0.3 is 0 Å². The Kier molecular flexibility index (Phi) is 5.64. The maximum absolute atomic E-state index is 12.5. The predicted octanol–water partition coefficient (Wildman–Crippen LogP) is 2.57. The molecule has 1 aromatic carbocycles. The molecule has 0 saturated carbocycles. The van der Waals surface area contributed by atoms with Crippen molar-refractivity contribution < 1.29 is 14.4 Å². The van der Waals surface area contributed by atoms with Gasteiger partial charge in [-0.1, -0.05) is 0 Å². The minimum Gasteiger partial charge on any atom is -0.351 e. The highest BCUT2D eigenvalue weighted by Crippen LogP contribution is 2.20. The topological polar surface area (TPSA) is 88.2 Å². The zero-order valence-electron chi connectivity index (χ0n) is 14.5. The summed E-state index contributed by atoms with van der Waals surface area (Å²) in [5, 5.41) is 5.46. The summed E-state index contributed by atoms with van der Waals surface area (Å²) in [7, 11) is 0. The first kappa shape index (κ1) is 18.3. The fraction of sp³-hybridized carbons (Fsp3) is 0.263. The van der Waals surface area contributed by atoms with Crippen molar-refractivity contribution in [2.45, 2.75) is 27.3 Å². The monoisotopic (exact) mass is 339 g/mol. The van der Waals surface area contributed by atoms with E-state index in [-0.39, 0.29) is 11.7 Å². The lowest BCUT2D eigenvalue weighted by atomic mass is 9.90. The molecule has 0 aliphatic carbocycles. The van der Waals surface area contributed by atoms with Crippen LogP contribution in [0.2, 0.25) is 0 Å². The quantitative estimate of drug-likeness (QED) is 0.625. The summed E-state index contributed by atoms with van der Waals surface area (Å²) in [6, 6.07) is 10.1. The Balaban J connectivity index is 1.98. The van der Waals surface area contributed by atoms with Crippen molar-refractivity contribution in [2.24, 2.45) is 5.41 Å². The number of amides is 2. The first-order valence-electron chi connectivity index (χ1n) is 7.90. The molecule has 0 radical (unpaired) electrons. The largest absolute Gasteiger partial charge is 0.351 e. The minimum atomic E-state index is -1.24. The molecular weight excluding hydrogens is 318 g/mol. The number of hydrogen-bond donors (Lipinski definition) is 2. The molecule has 1 heterocycles. The molecule has 2 amide bonds. The van der Waals surface area contributed by atoms with E-state index in [2.05, 4.69) is 15.6 Å². The van der Waals surface area contributed by atoms with Crippen LogP contribution in [0.5, 0.6) is 0 Å². The third-order valence-corrected chi connectivity index (χ3v) is 3.89. The van der Waals surface area contributed by atoms with Gasteiger partial charge in [-0.25, -0.2) is 0 Å². The normalized spacial score (nSPS) is 10.8. The number of pyridine rings is 1. The molecule has 0 saturated heterocycles. The lowest BCUT2D eigenvalue weighted by molar-refractivity contribution is -0.138. The predicted molar refractivity (Wildman–Crippen MR) is 94.9 cm³/mol. The van der Waals surface area contributed by atoms with Crippen LogP contribution >= 0.6 is 0 Å². The Labute approximate surface area is 146 Å². The molecule has 6 nitrogen and oxygen atoms in total. The van der Waals surface area contributed by atoms with Gasteiger partial charge in [0.05, 0.1) is 0 Å². The van der Waals surface area contributed by atoms with Crippen molar-refractivity contribution in [2.75, 3.05) is 5.32 Å². The summed E-state index contributed by atoms with van der Waals surface area (Å²) in [6.45, 7) is 4.93. The van der Waals surface area contributed by atoms with Crippen molar-refractivity contribution in [1.82, 2.24) is 10.3 Å². The molecule has 0 aliphatic heterocycles. The standard InChI is InChI=1S/C19H21N3O3/c1-13(23)15-4-6-16(7-5-15)22-18(25)19(2,3)17(24)21-12-14-8-10-20-11-9-14/h4-11H,12H2,1-3H3,(H,21,24)(H,22,25). The van der Waals surface area contributed by atoms with E-state index in [0.29, 0.717) is 17.8 Å². The van der Waals surface area contributed by atoms with Gasteiger partial charge in [0.15, 0.2) is 5.78 Å². The maximum atomic E-state index is 12.5. The van der Waals surface area contributed by atoms with E-state index < -0.39 is 11.3 Å². The van der Waals surface area contributed by atoms with Gasteiger partial charge in [-0.2, -0.15) is 0 Å². The molecule has 0 spiro atoms. The van der Waals surface area contributed by atoms with Gasteiger partial charge in [0.2, 0.25) is 11.8 Å². The van der Waals surface area contributed by atoms with Gasteiger partial charge in [-0.15, -0.1) is 0 Å². The van der Waals surface area contributed by atoms with Gasteiger partial charge in [0, 0.05) is 30.2 Å². The minimum absolute atomic E-state index is 0.0475. The first-order chi connectivity index (χ1) is 11.8. The third-order valence-electron chi connectivity index (χ3n) is 3.89. The van der Waals surface area contributed by atoms with Crippen molar-refractivity contribution in [3.8, 4) is 0 Å². The molecule has 1 aromatic heterocycles. The van der Waals surface area contributed by atoms with E-state index in [0.717, 1.165) is 5.56 Å². The molecule has 6 heteroatoms. The summed E-state index contributed by atoms with van der Waals surface area (Å²) in [6.07, 6.45) is 3.29. The number of ketones is 1. The average molecular weight is 339 g/mol.